The van der Waals surface area contributed by atoms with E-state index in [0.29, 0.717) is 0 Å². The Morgan fingerprint density at radius 1 is 1.37 bits per heavy atom. The molecule has 0 aliphatic carbocycles. The summed E-state index contributed by atoms with van der Waals surface area (Å²) >= 11 is 0. The summed E-state index contributed by atoms with van der Waals surface area (Å²) in [6, 6.07) is -1.68. The fraction of sp³-hybridized carbons (Fsp3) is 0.778. The van der Waals surface area contributed by atoms with E-state index in [0.717, 1.165) is 4.90 Å². The molecular weight excluding hydrogens is 282 g/mol. The van der Waals surface area contributed by atoms with Crippen molar-refractivity contribution >= 4 is 24.3 Å². The molecule has 9 nitrogen and oxygen atoms in total. The molecule has 2 aliphatic heterocycles. The van der Waals surface area contributed by atoms with Crippen LogP contribution in [0.3, 0.4) is 0 Å². The van der Waals surface area contributed by atoms with Crippen molar-refractivity contribution in [1.82, 2.24) is 10.2 Å². The summed E-state index contributed by atoms with van der Waals surface area (Å²) in [5.74, 6) is -0.608. The van der Waals surface area contributed by atoms with E-state index < -0.39 is 49.1 Å². The monoisotopic (exact) mass is 297 g/mol. The van der Waals surface area contributed by atoms with Gasteiger partial charge in [0.05, 0.1) is 6.61 Å². The van der Waals surface area contributed by atoms with Crippen molar-refractivity contribution in [2.45, 2.75) is 30.6 Å². The number of hydrogen-bond acceptors (Lipinski definition) is 7. The predicted octanol–water partition coefficient (Wildman–Crippen LogP) is -3.27. The Morgan fingerprint density at radius 2 is 2.00 bits per heavy atom. The van der Waals surface area contributed by atoms with Gasteiger partial charge in [-0.05, 0) is 0 Å². The van der Waals surface area contributed by atoms with Crippen molar-refractivity contribution in [3.8, 4) is 0 Å². The van der Waals surface area contributed by atoms with Crippen molar-refractivity contribution in [1.29, 1.82) is 0 Å². The van der Waals surface area contributed by atoms with Crippen LogP contribution in [0, 0.1) is 0 Å². The van der Waals surface area contributed by atoms with Crippen molar-refractivity contribution in [2.24, 2.45) is 5.73 Å². The summed E-state index contributed by atoms with van der Waals surface area (Å²) < 4.78 is 5.18. The third-order valence-electron chi connectivity index (χ3n) is 3.05. The molecule has 2 unspecified atom stereocenters. The molecule has 2 fully saturated rings. The zero-order valence-corrected chi connectivity index (χ0v) is 10.6. The van der Waals surface area contributed by atoms with Gasteiger partial charge < -0.3 is 25.8 Å². The number of imide groups is 1. The molecule has 10 heteroatoms. The third kappa shape index (κ3) is 2.81. The van der Waals surface area contributed by atoms with E-state index in [2.05, 4.69) is 0 Å². The van der Waals surface area contributed by atoms with Crippen LogP contribution in [0.2, 0.25) is 0 Å². The molecule has 2 rings (SSSR count). The topological polar surface area (TPSA) is 145 Å². The Bertz CT molecular complexity index is 370. The van der Waals surface area contributed by atoms with Gasteiger partial charge in [-0.3, -0.25) is 15.0 Å². The number of carbonyl (C=O) groups excluding carboxylic acids is 2. The van der Waals surface area contributed by atoms with Gasteiger partial charge in [0.15, 0.2) is 6.23 Å². The Morgan fingerprint density at radius 3 is 2.53 bits per heavy atom. The Hall–Kier alpha value is -0.970. The molecule has 3 amide bonds. The van der Waals surface area contributed by atoms with Crippen LogP contribution in [0.1, 0.15) is 0 Å². The lowest BCUT2D eigenvalue weighted by Gasteiger charge is -2.35. The molecule has 0 bridgehead atoms. The lowest BCUT2D eigenvalue weighted by Crippen LogP contribution is -2.64. The van der Waals surface area contributed by atoms with E-state index in [1.165, 1.54) is 0 Å². The van der Waals surface area contributed by atoms with Gasteiger partial charge in [0.25, 0.3) is 0 Å². The van der Waals surface area contributed by atoms with E-state index in [-0.39, 0.29) is 19.0 Å². The fourth-order valence-corrected chi connectivity index (χ4v) is 2.00. The summed E-state index contributed by atoms with van der Waals surface area (Å²) in [4.78, 5) is 23.8. The van der Waals surface area contributed by atoms with Crippen molar-refractivity contribution < 1.29 is 29.6 Å². The van der Waals surface area contributed by atoms with E-state index in [1.807, 2.05) is 5.32 Å². The minimum atomic E-state index is -1.37. The van der Waals surface area contributed by atoms with Crippen LogP contribution in [0.5, 0.6) is 0 Å². The average Bonchev–Trinajstić information content (AvgIpc) is 2.61. The van der Waals surface area contributed by atoms with E-state index in [4.69, 9.17) is 15.6 Å². The molecule has 5 atom stereocenters. The number of rotatable bonds is 2. The van der Waals surface area contributed by atoms with Gasteiger partial charge in [-0.2, -0.15) is 0 Å². The van der Waals surface area contributed by atoms with Crippen molar-refractivity contribution in [3.63, 3.8) is 0 Å². The number of nitrogens with zero attached hydrogens (tertiary/aromatic N) is 1. The SMILES string of the molecule is Cl.NC1CN([C@@H]2O[C@H](CO)[C@H](O)C2O)C(=O)NC1=O. The van der Waals surface area contributed by atoms with Gasteiger partial charge in [0, 0.05) is 6.54 Å². The second-order valence-corrected chi connectivity index (χ2v) is 4.28. The van der Waals surface area contributed by atoms with E-state index in [9.17, 15) is 19.8 Å². The molecule has 0 aromatic rings. The first kappa shape index (κ1) is 16.1. The van der Waals surface area contributed by atoms with Gasteiger partial charge in [-0.1, -0.05) is 0 Å². The van der Waals surface area contributed by atoms with Crippen LogP contribution in [0.15, 0.2) is 0 Å². The minimum absolute atomic E-state index is 0. The normalized spacial score (nSPS) is 38.9. The zero-order valence-electron chi connectivity index (χ0n) is 9.80. The second-order valence-electron chi connectivity index (χ2n) is 4.28. The van der Waals surface area contributed by atoms with Gasteiger partial charge in [0.2, 0.25) is 5.91 Å². The molecule has 110 valence electrons. The molecular formula is C9H16ClN3O6. The number of halogens is 1. The maximum absolute atomic E-state index is 11.6. The number of aliphatic hydroxyl groups is 3. The minimum Gasteiger partial charge on any atom is -0.394 e. The fourth-order valence-electron chi connectivity index (χ4n) is 2.00. The number of carbonyl (C=O) groups is 2. The highest BCUT2D eigenvalue weighted by atomic mass is 35.5. The van der Waals surface area contributed by atoms with E-state index >= 15 is 0 Å². The Labute approximate surface area is 114 Å². The highest BCUT2D eigenvalue weighted by molar-refractivity contribution is 5.99. The first-order valence-corrected chi connectivity index (χ1v) is 5.45. The quantitative estimate of drug-likeness (QED) is 0.359. The van der Waals surface area contributed by atoms with Crippen LogP contribution in [-0.2, 0) is 9.53 Å². The average molecular weight is 298 g/mol. The smallest absolute Gasteiger partial charge is 0.326 e. The van der Waals surface area contributed by atoms with Crippen molar-refractivity contribution in [2.75, 3.05) is 13.2 Å². The first-order chi connectivity index (χ1) is 8.45. The van der Waals surface area contributed by atoms with Crippen molar-refractivity contribution in [3.05, 3.63) is 0 Å². The number of urea groups is 1. The molecule has 0 spiro atoms. The molecule has 2 heterocycles. The lowest BCUT2D eigenvalue weighted by molar-refractivity contribution is -0.127. The van der Waals surface area contributed by atoms with Gasteiger partial charge in [-0.25, -0.2) is 4.79 Å². The van der Waals surface area contributed by atoms with Crippen LogP contribution >= 0.6 is 12.4 Å². The number of hydrogen-bond donors (Lipinski definition) is 5. The number of amides is 3. The lowest BCUT2D eigenvalue weighted by atomic mass is 10.1. The summed E-state index contributed by atoms with van der Waals surface area (Å²) in [6.45, 7) is -0.619. The maximum atomic E-state index is 11.6. The van der Waals surface area contributed by atoms with Crippen LogP contribution in [0.4, 0.5) is 4.79 Å². The first-order valence-electron chi connectivity index (χ1n) is 5.45. The summed E-state index contributed by atoms with van der Waals surface area (Å²) in [5, 5.41) is 30.3. The largest absolute Gasteiger partial charge is 0.394 e. The summed E-state index contributed by atoms with van der Waals surface area (Å²) in [5.41, 5.74) is 5.49. The molecule has 0 aromatic heterocycles. The Kier molecular flexibility index (Phi) is 5.07. The standard InChI is InChI=1S/C9H15N3O6.ClH/c10-3-1-12(9(17)11-7(3)16)8-6(15)5(14)4(2-13)18-8;/h3-6,8,13-15H,1-2,10H2,(H,11,16,17);1H/t3?,4-,5+,6?,8-;/m1./s1. The summed E-state index contributed by atoms with van der Waals surface area (Å²) in [6.07, 6.45) is -4.79. The zero-order chi connectivity index (χ0) is 13.4. The molecule has 6 N–H and O–H groups in total. The number of aliphatic hydroxyl groups excluding tert-OH is 3. The highest BCUT2D eigenvalue weighted by Gasteiger charge is 2.48. The molecule has 19 heavy (non-hydrogen) atoms. The molecule has 0 radical (unpaired) electrons. The number of ether oxygens (including phenoxy) is 1. The third-order valence-corrected chi connectivity index (χ3v) is 3.05. The summed E-state index contributed by atoms with van der Waals surface area (Å²) in [7, 11) is 0. The Balaban J connectivity index is 0.00000180. The van der Waals surface area contributed by atoms with Crippen LogP contribution in [-0.4, -0.2) is 75.9 Å². The predicted molar refractivity (Wildman–Crippen MR) is 63.2 cm³/mol. The molecule has 2 aliphatic rings. The van der Waals surface area contributed by atoms with Gasteiger partial charge in [-0.15, -0.1) is 12.4 Å². The maximum Gasteiger partial charge on any atom is 0.326 e. The van der Waals surface area contributed by atoms with Crippen LogP contribution < -0.4 is 11.1 Å². The molecule has 0 aromatic carbocycles. The van der Waals surface area contributed by atoms with Gasteiger partial charge in [0.1, 0.15) is 24.4 Å². The van der Waals surface area contributed by atoms with Crippen LogP contribution in [0.25, 0.3) is 0 Å². The number of nitrogens with two attached hydrogens (primary N) is 1. The van der Waals surface area contributed by atoms with E-state index in [1.54, 1.807) is 0 Å². The highest BCUT2D eigenvalue weighted by Crippen LogP contribution is 2.24. The second kappa shape index (κ2) is 5.99. The molecule has 2 saturated heterocycles. The van der Waals surface area contributed by atoms with Gasteiger partial charge >= 0.3 is 6.03 Å². The molecule has 0 saturated carbocycles. The number of nitrogens with one attached hydrogen (secondary N) is 1.